The Morgan fingerprint density at radius 1 is 1.08 bits per heavy atom. The summed E-state index contributed by atoms with van der Waals surface area (Å²) in [5.41, 5.74) is 2.81. The van der Waals surface area contributed by atoms with E-state index in [0.717, 1.165) is 11.1 Å². The van der Waals surface area contributed by atoms with Gasteiger partial charge in [-0.25, -0.2) is 13.1 Å². The molecule has 1 aromatic carbocycles. The van der Waals surface area contributed by atoms with Crippen LogP contribution in [0.3, 0.4) is 0 Å². The molecule has 25 heavy (non-hydrogen) atoms. The first-order valence-corrected chi connectivity index (χ1v) is 9.44. The zero-order valence-electron chi connectivity index (χ0n) is 13.5. The van der Waals surface area contributed by atoms with E-state index in [1.54, 1.807) is 43.7 Å². The number of sulfonamides is 1. The second-order valence-corrected chi connectivity index (χ2v) is 7.58. The van der Waals surface area contributed by atoms with Crippen LogP contribution < -0.4 is 4.72 Å². The molecule has 0 atom stereocenters. The summed E-state index contributed by atoms with van der Waals surface area (Å²) < 4.78 is 27.9. The molecule has 0 saturated heterocycles. The molecule has 7 heteroatoms. The van der Waals surface area contributed by atoms with E-state index in [-0.39, 0.29) is 11.4 Å². The fraction of sp³-hybridized carbons (Fsp3) is 0.111. The highest BCUT2D eigenvalue weighted by molar-refractivity contribution is 7.89. The Morgan fingerprint density at radius 3 is 2.64 bits per heavy atom. The third-order valence-electron chi connectivity index (χ3n) is 3.79. The first-order valence-electron chi connectivity index (χ1n) is 7.58. The van der Waals surface area contributed by atoms with Crippen molar-refractivity contribution in [1.29, 1.82) is 0 Å². The average Bonchev–Trinajstić information content (AvgIpc) is 2.63. The van der Waals surface area contributed by atoms with Gasteiger partial charge in [-0.2, -0.15) is 0 Å². The molecule has 2 aromatic heterocycles. The molecule has 3 aromatic rings. The molecule has 0 unspecified atom stereocenters. The van der Waals surface area contributed by atoms with Gasteiger partial charge >= 0.3 is 0 Å². The molecule has 0 spiro atoms. The Morgan fingerprint density at radius 2 is 1.88 bits per heavy atom. The van der Waals surface area contributed by atoms with Crippen molar-refractivity contribution in [2.45, 2.75) is 18.4 Å². The minimum atomic E-state index is -3.69. The lowest BCUT2D eigenvalue weighted by Crippen LogP contribution is -2.24. The van der Waals surface area contributed by atoms with Crippen LogP contribution >= 0.6 is 11.6 Å². The van der Waals surface area contributed by atoms with Crippen LogP contribution in [-0.4, -0.2) is 18.4 Å². The smallest absolute Gasteiger partial charge is 0.241 e. The van der Waals surface area contributed by atoms with Crippen molar-refractivity contribution in [2.24, 2.45) is 0 Å². The maximum atomic E-state index is 12.6. The maximum absolute atomic E-state index is 12.6. The summed E-state index contributed by atoms with van der Waals surface area (Å²) in [6, 6.07) is 12.1. The number of hydrogen-bond acceptors (Lipinski definition) is 4. The fourth-order valence-corrected chi connectivity index (χ4v) is 3.98. The maximum Gasteiger partial charge on any atom is 0.241 e. The first-order chi connectivity index (χ1) is 12.0. The van der Waals surface area contributed by atoms with Crippen LogP contribution in [-0.2, 0) is 16.6 Å². The predicted molar refractivity (Wildman–Crippen MR) is 97.7 cm³/mol. The zero-order valence-corrected chi connectivity index (χ0v) is 15.1. The molecule has 0 radical (unpaired) electrons. The van der Waals surface area contributed by atoms with Gasteiger partial charge in [0.1, 0.15) is 0 Å². The van der Waals surface area contributed by atoms with Crippen molar-refractivity contribution < 1.29 is 8.42 Å². The van der Waals surface area contributed by atoms with Crippen LogP contribution in [0, 0.1) is 6.92 Å². The number of rotatable bonds is 5. The first kappa shape index (κ1) is 17.5. The standard InChI is InChI=1S/C18H16ClN3O2S/c1-13-16(19)7-2-8-17(13)25(23,24)22-12-15-6-4-10-21-18(15)14-5-3-9-20-11-14/h2-11,22H,12H2,1H3. The number of nitrogens with one attached hydrogen (secondary N) is 1. The van der Waals surface area contributed by atoms with Crippen LogP contribution in [0.1, 0.15) is 11.1 Å². The monoisotopic (exact) mass is 373 g/mol. The van der Waals surface area contributed by atoms with Crippen molar-refractivity contribution in [3.05, 3.63) is 77.2 Å². The lowest BCUT2D eigenvalue weighted by molar-refractivity contribution is 0.580. The Balaban J connectivity index is 1.89. The molecule has 0 bridgehead atoms. The summed E-state index contributed by atoms with van der Waals surface area (Å²) in [5, 5.41) is 0.417. The minimum Gasteiger partial charge on any atom is -0.264 e. The van der Waals surface area contributed by atoms with Gasteiger partial charge in [0.15, 0.2) is 0 Å². The number of benzene rings is 1. The highest BCUT2D eigenvalue weighted by Crippen LogP contribution is 2.24. The number of halogens is 1. The number of nitrogens with zero attached hydrogens (tertiary/aromatic N) is 2. The lowest BCUT2D eigenvalue weighted by Gasteiger charge is -2.12. The summed E-state index contributed by atoms with van der Waals surface area (Å²) in [6.07, 6.45) is 5.04. The zero-order chi connectivity index (χ0) is 17.9. The van der Waals surface area contributed by atoms with E-state index in [1.165, 1.54) is 6.07 Å². The molecular weight excluding hydrogens is 358 g/mol. The van der Waals surface area contributed by atoms with Crippen molar-refractivity contribution in [3.8, 4) is 11.3 Å². The second kappa shape index (κ2) is 7.31. The molecule has 1 N–H and O–H groups in total. The summed E-state index contributed by atoms with van der Waals surface area (Å²) >= 11 is 6.03. The highest BCUT2D eigenvalue weighted by Gasteiger charge is 2.18. The Hall–Kier alpha value is -2.28. The van der Waals surface area contributed by atoms with Gasteiger partial charge < -0.3 is 0 Å². The second-order valence-electron chi connectivity index (χ2n) is 5.44. The number of aromatic nitrogens is 2. The molecule has 3 rings (SSSR count). The average molecular weight is 374 g/mol. The molecule has 0 aliphatic rings. The van der Waals surface area contributed by atoms with E-state index in [9.17, 15) is 8.42 Å². The third kappa shape index (κ3) is 3.87. The van der Waals surface area contributed by atoms with Gasteiger partial charge in [-0.15, -0.1) is 0 Å². The van der Waals surface area contributed by atoms with Crippen molar-refractivity contribution in [1.82, 2.24) is 14.7 Å². The quantitative estimate of drug-likeness (QED) is 0.741. The fourth-order valence-electron chi connectivity index (χ4n) is 2.47. The van der Waals surface area contributed by atoms with E-state index in [4.69, 9.17) is 11.6 Å². The van der Waals surface area contributed by atoms with Gasteiger partial charge in [-0.05, 0) is 48.4 Å². The van der Waals surface area contributed by atoms with Gasteiger partial charge in [-0.1, -0.05) is 23.7 Å². The van der Waals surface area contributed by atoms with Crippen LogP contribution in [0.15, 0.2) is 66.0 Å². The molecule has 0 aliphatic carbocycles. The van der Waals surface area contributed by atoms with E-state index >= 15 is 0 Å². The molecule has 0 aliphatic heterocycles. The molecule has 0 amide bonds. The van der Waals surface area contributed by atoms with Crippen molar-refractivity contribution in [3.63, 3.8) is 0 Å². The molecule has 2 heterocycles. The van der Waals surface area contributed by atoms with Gasteiger partial charge in [0.25, 0.3) is 0 Å². The van der Waals surface area contributed by atoms with Gasteiger partial charge in [0.05, 0.1) is 10.6 Å². The van der Waals surface area contributed by atoms with Gasteiger partial charge in [-0.3, -0.25) is 9.97 Å². The molecule has 5 nitrogen and oxygen atoms in total. The van der Waals surface area contributed by atoms with E-state index < -0.39 is 10.0 Å². The van der Waals surface area contributed by atoms with E-state index in [1.807, 2.05) is 18.2 Å². The summed E-state index contributed by atoms with van der Waals surface area (Å²) in [5.74, 6) is 0. The normalized spacial score (nSPS) is 11.4. The lowest BCUT2D eigenvalue weighted by atomic mass is 10.1. The third-order valence-corrected chi connectivity index (χ3v) is 5.74. The Kier molecular flexibility index (Phi) is 5.13. The predicted octanol–water partition coefficient (Wildman–Crippen LogP) is 3.58. The minimum absolute atomic E-state index is 0.117. The summed E-state index contributed by atoms with van der Waals surface area (Å²) in [7, 11) is -3.69. The summed E-state index contributed by atoms with van der Waals surface area (Å²) in [4.78, 5) is 8.62. The van der Waals surface area contributed by atoms with E-state index in [0.29, 0.717) is 16.3 Å². The van der Waals surface area contributed by atoms with Crippen LogP contribution in [0.25, 0.3) is 11.3 Å². The van der Waals surface area contributed by atoms with Gasteiger partial charge in [0, 0.05) is 35.7 Å². The van der Waals surface area contributed by atoms with E-state index in [2.05, 4.69) is 14.7 Å². The largest absolute Gasteiger partial charge is 0.264 e. The van der Waals surface area contributed by atoms with Crippen LogP contribution in [0.4, 0.5) is 0 Å². The molecule has 0 saturated carbocycles. The van der Waals surface area contributed by atoms with Crippen molar-refractivity contribution in [2.75, 3.05) is 0 Å². The number of pyridine rings is 2. The van der Waals surface area contributed by atoms with Crippen LogP contribution in [0.5, 0.6) is 0 Å². The Labute approximate surface area is 151 Å². The van der Waals surface area contributed by atoms with Crippen LogP contribution in [0.2, 0.25) is 5.02 Å². The molecular formula is C18H16ClN3O2S. The Bertz CT molecular complexity index is 992. The topological polar surface area (TPSA) is 72.0 Å². The summed E-state index contributed by atoms with van der Waals surface area (Å²) in [6.45, 7) is 1.80. The molecule has 0 fully saturated rings. The highest BCUT2D eigenvalue weighted by atomic mass is 35.5. The van der Waals surface area contributed by atoms with Gasteiger partial charge in [0.2, 0.25) is 10.0 Å². The number of hydrogen-bond donors (Lipinski definition) is 1. The van der Waals surface area contributed by atoms with Crippen molar-refractivity contribution >= 4 is 21.6 Å². The SMILES string of the molecule is Cc1c(Cl)cccc1S(=O)(=O)NCc1cccnc1-c1cccnc1. The molecule has 128 valence electrons.